The van der Waals surface area contributed by atoms with Gasteiger partial charge in [-0.25, -0.2) is 5.48 Å². The van der Waals surface area contributed by atoms with Crippen molar-refractivity contribution in [1.82, 2.24) is 5.48 Å². The summed E-state index contributed by atoms with van der Waals surface area (Å²) in [7, 11) is 0. The van der Waals surface area contributed by atoms with Crippen molar-refractivity contribution < 1.29 is 9.63 Å². The molecular weight excluding hydrogens is 274 g/mol. The molecule has 0 aromatic heterocycles. The summed E-state index contributed by atoms with van der Waals surface area (Å²) in [6.45, 7) is 2.26. The largest absolute Gasteiger partial charge is 0.271 e. The van der Waals surface area contributed by atoms with Gasteiger partial charge in [0.2, 0.25) is 0 Å². The smallest absolute Gasteiger partial charge is 0.266 e. The van der Waals surface area contributed by atoms with Crippen LogP contribution in [-0.4, -0.2) is 5.91 Å². The fourth-order valence-electron chi connectivity index (χ4n) is 1.80. The fourth-order valence-corrected chi connectivity index (χ4v) is 1.98. The highest BCUT2D eigenvalue weighted by Gasteiger charge is 2.17. The van der Waals surface area contributed by atoms with Gasteiger partial charge < -0.3 is 0 Å². The van der Waals surface area contributed by atoms with Crippen molar-refractivity contribution in [2.45, 2.75) is 18.9 Å². The molecule has 0 spiro atoms. The zero-order valence-electron chi connectivity index (χ0n) is 11.2. The van der Waals surface area contributed by atoms with E-state index in [9.17, 15) is 4.79 Å². The molecule has 0 aliphatic heterocycles. The number of amides is 1. The number of hydroxylamine groups is 1. The monoisotopic (exact) mass is 289 g/mol. The summed E-state index contributed by atoms with van der Waals surface area (Å²) < 4.78 is 0. The van der Waals surface area contributed by atoms with Crippen LogP contribution in [0.2, 0.25) is 0 Å². The normalized spacial score (nSPS) is 11.9. The molecule has 104 valence electrons. The number of hydrogen-bond donors (Lipinski definition) is 1. The molecule has 0 heterocycles. The summed E-state index contributed by atoms with van der Waals surface area (Å²) in [6, 6.07) is 17.1. The van der Waals surface area contributed by atoms with E-state index in [0.717, 1.165) is 16.7 Å². The molecular formula is C16H16ClNO2. The van der Waals surface area contributed by atoms with Crippen LogP contribution in [0.5, 0.6) is 0 Å². The van der Waals surface area contributed by atoms with E-state index in [1.54, 1.807) is 0 Å². The van der Waals surface area contributed by atoms with Crippen LogP contribution in [-0.2, 0) is 16.2 Å². The van der Waals surface area contributed by atoms with Crippen molar-refractivity contribution in [1.29, 1.82) is 0 Å². The SMILES string of the molecule is Cc1cccc(C(Cl)C(=O)NOCc2ccccc2)c1. The average Bonchev–Trinajstić information content (AvgIpc) is 2.47. The molecule has 1 unspecified atom stereocenters. The lowest BCUT2D eigenvalue weighted by molar-refractivity contribution is -0.134. The number of aryl methyl sites for hydroxylation is 1. The van der Waals surface area contributed by atoms with Gasteiger partial charge in [-0.3, -0.25) is 9.63 Å². The van der Waals surface area contributed by atoms with Crippen molar-refractivity contribution in [3.05, 3.63) is 71.3 Å². The Morgan fingerprint density at radius 2 is 1.95 bits per heavy atom. The third-order valence-electron chi connectivity index (χ3n) is 2.82. The van der Waals surface area contributed by atoms with Crippen molar-refractivity contribution >= 4 is 17.5 Å². The van der Waals surface area contributed by atoms with Crippen LogP contribution in [0.1, 0.15) is 22.1 Å². The van der Waals surface area contributed by atoms with Crippen LogP contribution in [0.25, 0.3) is 0 Å². The maximum Gasteiger partial charge on any atom is 0.266 e. The summed E-state index contributed by atoms with van der Waals surface area (Å²) >= 11 is 6.12. The van der Waals surface area contributed by atoms with E-state index in [-0.39, 0.29) is 5.91 Å². The van der Waals surface area contributed by atoms with Gasteiger partial charge in [-0.2, -0.15) is 0 Å². The molecule has 2 aromatic rings. The van der Waals surface area contributed by atoms with Crippen molar-refractivity contribution in [2.75, 3.05) is 0 Å². The number of halogens is 1. The molecule has 0 fully saturated rings. The molecule has 2 aromatic carbocycles. The third kappa shape index (κ3) is 4.08. The maximum atomic E-state index is 11.9. The second-order valence-electron chi connectivity index (χ2n) is 4.52. The Bertz CT molecular complexity index is 572. The van der Waals surface area contributed by atoms with E-state index in [4.69, 9.17) is 16.4 Å². The highest BCUT2D eigenvalue weighted by Crippen LogP contribution is 2.21. The van der Waals surface area contributed by atoms with E-state index in [1.807, 2.05) is 61.5 Å². The molecule has 20 heavy (non-hydrogen) atoms. The fraction of sp³-hybridized carbons (Fsp3) is 0.188. The minimum Gasteiger partial charge on any atom is -0.271 e. The molecule has 0 radical (unpaired) electrons. The molecule has 0 aliphatic carbocycles. The van der Waals surface area contributed by atoms with Gasteiger partial charge >= 0.3 is 0 Å². The first-order valence-corrected chi connectivity index (χ1v) is 6.76. The summed E-state index contributed by atoms with van der Waals surface area (Å²) in [5, 5.41) is -0.759. The van der Waals surface area contributed by atoms with Crippen LogP contribution in [0, 0.1) is 6.92 Å². The number of carbonyl (C=O) groups excluding carboxylic acids is 1. The molecule has 1 N–H and O–H groups in total. The summed E-state index contributed by atoms with van der Waals surface area (Å²) in [5.74, 6) is -0.367. The number of rotatable bonds is 5. The first-order valence-electron chi connectivity index (χ1n) is 6.33. The van der Waals surface area contributed by atoms with E-state index in [1.165, 1.54) is 0 Å². The highest BCUT2D eigenvalue weighted by molar-refractivity contribution is 6.30. The van der Waals surface area contributed by atoms with E-state index in [2.05, 4.69) is 5.48 Å². The summed E-state index contributed by atoms with van der Waals surface area (Å²) in [4.78, 5) is 17.0. The van der Waals surface area contributed by atoms with Gasteiger partial charge in [-0.1, -0.05) is 60.2 Å². The standard InChI is InChI=1S/C16H16ClNO2/c1-12-6-5-9-14(10-12)15(17)16(19)18-20-11-13-7-3-2-4-8-13/h2-10,15H,11H2,1H3,(H,18,19). The molecule has 0 aliphatic rings. The van der Waals surface area contributed by atoms with Crippen LogP contribution in [0.3, 0.4) is 0 Å². The predicted molar refractivity (Wildman–Crippen MR) is 79.1 cm³/mol. The lowest BCUT2D eigenvalue weighted by Crippen LogP contribution is -2.27. The summed E-state index contributed by atoms with van der Waals surface area (Å²) in [6.07, 6.45) is 0. The topological polar surface area (TPSA) is 38.3 Å². The van der Waals surface area contributed by atoms with Crippen molar-refractivity contribution in [3.63, 3.8) is 0 Å². The van der Waals surface area contributed by atoms with Gasteiger partial charge in [0.05, 0.1) is 6.61 Å². The highest BCUT2D eigenvalue weighted by atomic mass is 35.5. The van der Waals surface area contributed by atoms with E-state index < -0.39 is 5.38 Å². The number of nitrogens with one attached hydrogen (secondary N) is 1. The van der Waals surface area contributed by atoms with Gasteiger partial charge in [-0.15, -0.1) is 11.6 Å². The van der Waals surface area contributed by atoms with E-state index >= 15 is 0 Å². The lowest BCUT2D eigenvalue weighted by atomic mass is 10.1. The molecule has 1 amide bonds. The molecule has 0 saturated heterocycles. The minimum absolute atomic E-state index is 0.310. The molecule has 0 bridgehead atoms. The van der Waals surface area contributed by atoms with Gasteiger partial charge in [0.15, 0.2) is 0 Å². The Morgan fingerprint density at radius 3 is 2.65 bits per heavy atom. The number of carbonyl (C=O) groups is 1. The van der Waals surface area contributed by atoms with Crippen LogP contribution in [0.4, 0.5) is 0 Å². The predicted octanol–water partition coefficient (Wildman–Crippen LogP) is 3.52. The first-order chi connectivity index (χ1) is 9.66. The lowest BCUT2D eigenvalue weighted by Gasteiger charge is -2.11. The second-order valence-corrected chi connectivity index (χ2v) is 4.95. The zero-order chi connectivity index (χ0) is 14.4. The summed E-state index contributed by atoms with van der Waals surface area (Å²) in [5.41, 5.74) is 5.18. The molecule has 0 saturated carbocycles. The second kappa shape index (κ2) is 7.08. The van der Waals surface area contributed by atoms with Gasteiger partial charge in [0.1, 0.15) is 5.38 Å². The molecule has 3 nitrogen and oxygen atoms in total. The van der Waals surface area contributed by atoms with Gasteiger partial charge in [-0.05, 0) is 18.1 Å². The quantitative estimate of drug-likeness (QED) is 0.675. The number of benzene rings is 2. The Balaban J connectivity index is 1.85. The zero-order valence-corrected chi connectivity index (χ0v) is 11.9. The Kier molecular flexibility index (Phi) is 5.16. The number of hydrogen-bond acceptors (Lipinski definition) is 2. The average molecular weight is 290 g/mol. The first kappa shape index (κ1) is 14.6. The number of alkyl halides is 1. The Morgan fingerprint density at radius 1 is 1.20 bits per heavy atom. The van der Waals surface area contributed by atoms with Gasteiger partial charge in [0, 0.05) is 0 Å². The van der Waals surface area contributed by atoms with Gasteiger partial charge in [0.25, 0.3) is 5.91 Å². The van der Waals surface area contributed by atoms with Crippen LogP contribution in [0.15, 0.2) is 54.6 Å². The third-order valence-corrected chi connectivity index (χ3v) is 3.27. The molecule has 2 rings (SSSR count). The van der Waals surface area contributed by atoms with Crippen LogP contribution >= 0.6 is 11.6 Å². The Labute approximate surface area is 123 Å². The maximum absolute atomic E-state index is 11.9. The van der Waals surface area contributed by atoms with Crippen molar-refractivity contribution in [2.24, 2.45) is 0 Å². The van der Waals surface area contributed by atoms with Crippen LogP contribution < -0.4 is 5.48 Å². The Hall–Kier alpha value is -1.84. The van der Waals surface area contributed by atoms with Crippen molar-refractivity contribution in [3.8, 4) is 0 Å². The molecule has 4 heteroatoms. The van der Waals surface area contributed by atoms with E-state index in [0.29, 0.717) is 6.61 Å². The molecule has 1 atom stereocenters. The minimum atomic E-state index is -0.759.